The van der Waals surface area contributed by atoms with Gasteiger partial charge in [0.1, 0.15) is 0 Å². The topological polar surface area (TPSA) is 93.1 Å². The number of amides is 1. The van der Waals surface area contributed by atoms with Crippen molar-refractivity contribution in [3.63, 3.8) is 0 Å². The van der Waals surface area contributed by atoms with Crippen LogP contribution in [0, 0.1) is 5.82 Å². The van der Waals surface area contributed by atoms with Crippen LogP contribution in [-0.2, 0) is 23.5 Å². The molecule has 10 heteroatoms. The Kier molecular flexibility index (Phi) is 6.32. The largest absolute Gasteiger partial charge is 0.340 e. The fourth-order valence-corrected chi connectivity index (χ4v) is 5.42. The summed E-state index contributed by atoms with van der Waals surface area (Å²) in [4.78, 5) is 18.8. The highest BCUT2D eigenvalue weighted by Gasteiger charge is 2.26. The average Bonchev–Trinajstić information content (AvgIpc) is 3.20. The molecule has 0 fully saturated rings. The highest BCUT2D eigenvalue weighted by atomic mass is 35.5. The first-order chi connectivity index (χ1) is 15.2. The Balaban J connectivity index is 1.48. The SMILES string of the molecule is Cn1cnc(-c2cc(Cl)c(F)c(C(=O)NNS(=O)(=O)CC3CCCc4ccccc43)c2)c1. The first-order valence-electron chi connectivity index (χ1n) is 10.1. The number of hydrogen-bond donors (Lipinski definition) is 2. The minimum Gasteiger partial charge on any atom is -0.340 e. The molecule has 2 N–H and O–H groups in total. The van der Waals surface area contributed by atoms with Gasteiger partial charge in [0.25, 0.3) is 5.91 Å². The number of halogens is 2. The van der Waals surface area contributed by atoms with Crippen LogP contribution >= 0.6 is 11.6 Å². The second-order valence-corrected chi connectivity index (χ2v) is 10.0. The molecule has 1 aliphatic carbocycles. The molecule has 3 aromatic rings. The van der Waals surface area contributed by atoms with Crippen LogP contribution in [-0.4, -0.2) is 29.6 Å². The standard InChI is InChI=1S/C22H22ClFN4O3S/c1-28-11-20(25-13-28)16-9-18(21(24)19(23)10-16)22(29)26-27-32(30,31)12-15-7-4-6-14-5-2-3-8-17(14)15/h2-3,5,8-11,13,15,27H,4,6-7,12H2,1H3,(H,26,29). The van der Waals surface area contributed by atoms with Gasteiger partial charge in [-0.1, -0.05) is 35.9 Å². The number of benzene rings is 2. The third-order valence-electron chi connectivity index (χ3n) is 5.51. The lowest BCUT2D eigenvalue weighted by atomic mass is 9.84. The maximum absolute atomic E-state index is 14.5. The zero-order valence-electron chi connectivity index (χ0n) is 17.3. The molecular formula is C22H22ClFN4O3S. The second kappa shape index (κ2) is 9.01. The Hall–Kier alpha value is -2.75. The molecule has 2 aromatic carbocycles. The number of aryl methyl sites for hydroxylation is 2. The molecule has 168 valence electrons. The Morgan fingerprint density at radius 3 is 2.84 bits per heavy atom. The van der Waals surface area contributed by atoms with Crippen molar-refractivity contribution < 1.29 is 17.6 Å². The summed E-state index contributed by atoms with van der Waals surface area (Å²) in [5, 5.41) is -0.264. The number of hydrogen-bond acceptors (Lipinski definition) is 4. The van der Waals surface area contributed by atoms with Gasteiger partial charge in [-0.25, -0.2) is 17.8 Å². The molecule has 32 heavy (non-hydrogen) atoms. The predicted octanol–water partition coefficient (Wildman–Crippen LogP) is 3.56. The van der Waals surface area contributed by atoms with Crippen LogP contribution in [0.4, 0.5) is 4.39 Å². The Morgan fingerprint density at radius 1 is 1.31 bits per heavy atom. The average molecular weight is 477 g/mol. The summed E-state index contributed by atoms with van der Waals surface area (Å²) >= 11 is 5.96. The monoisotopic (exact) mass is 476 g/mol. The minimum absolute atomic E-state index is 0.173. The molecule has 0 aliphatic heterocycles. The van der Waals surface area contributed by atoms with E-state index in [1.165, 1.54) is 12.1 Å². The number of sulfonamides is 1. The van der Waals surface area contributed by atoms with Crippen LogP contribution in [0.1, 0.15) is 40.2 Å². The molecule has 1 aliphatic rings. The molecule has 1 heterocycles. The Morgan fingerprint density at radius 2 is 2.09 bits per heavy atom. The molecule has 0 spiro atoms. The van der Waals surface area contributed by atoms with Gasteiger partial charge in [-0.05, 0) is 48.4 Å². The van der Waals surface area contributed by atoms with Gasteiger partial charge in [0.05, 0.1) is 28.4 Å². The van der Waals surface area contributed by atoms with Gasteiger partial charge in [-0.15, -0.1) is 4.83 Å². The summed E-state index contributed by atoms with van der Waals surface area (Å²) in [5.74, 6) is -2.24. The lowest BCUT2D eigenvalue weighted by Gasteiger charge is -2.25. The number of aromatic nitrogens is 2. The van der Waals surface area contributed by atoms with Gasteiger partial charge in [-0.3, -0.25) is 10.2 Å². The summed E-state index contributed by atoms with van der Waals surface area (Å²) < 4.78 is 41.5. The second-order valence-electron chi connectivity index (χ2n) is 7.87. The van der Waals surface area contributed by atoms with E-state index in [1.54, 1.807) is 24.1 Å². The first kappa shape index (κ1) is 22.4. The Labute approximate surface area is 190 Å². The number of imidazole rings is 1. The molecule has 1 unspecified atom stereocenters. The van der Waals surface area contributed by atoms with E-state index in [9.17, 15) is 17.6 Å². The molecule has 0 radical (unpaired) electrons. The van der Waals surface area contributed by atoms with Crippen LogP contribution in [0.3, 0.4) is 0 Å². The van der Waals surface area contributed by atoms with Crippen molar-refractivity contribution in [1.82, 2.24) is 19.8 Å². The van der Waals surface area contributed by atoms with Crippen molar-refractivity contribution in [2.24, 2.45) is 7.05 Å². The van der Waals surface area contributed by atoms with E-state index < -0.39 is 21.7 Å². The summed E-state index contributed by atoms with van der Waals surface area (Å²) in [6.07, 6.45) is 5.80. The summed E-state index contributed by atoms with van der Waals surface area (Å²) in [6.45, 7) is 0. The highest BCUT2D eigenvalue weighted by Crippen LogP contribution is 2.32. The number of nitrogens with zero attached hydrogens (tertiary/aromatic N) is 2. The van der Waals surface area contributed by atoms with E-state index in [2.05, 4.69) is 15.2 Å². The smallest absolute Gasteiger partial charge is 0.269 e. The zero-order chi connectivity index (χ0) is 22.9. The lowest BCUT2D eigenvalue weighted by Crippen LogP contribution is -2.44. The maximum atomic E-state index is 14.5. The van der Waals surface area contributed by atoms with Crippen LogP contribution in [0.5, 0.6) is 0 Å². The minimum atomic E-state index is -3.86. The molecule has 0 saturated heterocycles. The van der Waals surface area contributed by atoms with Crippen molar-refractivity contribution in [3.8, 4) is 11.3 Å². The molecule has 4 rings (SSSR count). The van der Waals surface area contributed by atoms with Crippen molar-refractivity contribution >= 4 is 27.5 Å². The first-order valence-corrected chi connectivity index (χ1v) is 12.1. The van der Waals surface area contributed by atoms with E-state index in [0.29, 0.717) is 11.3 Å². The van der Waals surface area contributed by atoms with E-state index in [-0.39, 0.29) is 22.3 Å². The summed E-state index contributed by atoms with van der Waals surface area (Å²) in [5.41, 5.74) is 4.81. The number of carbonyl (C=O) groups is 1. The van der Waals surface area contributed by atoms with Crippen LogP contribution in [0.2, 0.25) is 5.02 Å². The van der Waals surface area contributed by atoms with Gasteiger partial charge in [0.2, 0.25) is 10.0 Å². The van der Waals surface area contributed by atoms with Gasteiger partial charge in [0.15, 0.2) is 5.82 Å². The molecule has 1 aromatic heterocycles. The lowest BCUT2D eigenvalue weighted by molar-refractivity contribution is 0.0941. The van der Waals surface area contributed by atoms with Crippen LogP contribution < -0.4 is 10.3 Å². The molecule has 0 saturated carbocycles. The number of rotatable bonds is 6. The van der Waals surface area contributed by atoms with Crippen molar-refractivity contribution in [3.05, 3.63) is 76.5 Å². The molecule has 1 atom stereocenters. The van der Waals surface area contributed by atoms with Crippen LogP contribution in [0.15, 0.2) is 48.9 Å². The number of hydrazine groups is 1. The van der Waals surface area contributed by atoms with Gasteiger partial charge in [0, 0.05) is 18.8 Å². The normalized spacial score (nSPS) is 15.9. The van der Waals surface area contributed by atoms with Crippen molar-refractivity contribution in [2.45, 2.75) is 25.2 Å². The third kappa shape index (κ3) is 4.85. The van der Waals surface area contributed by atoms with Gasteiger partial charge in [-0.2, -0.15) is 0 Å². The highest BCUT2D eigenvalue weighted by molar-refractivity contribution is 7.89. The van der Waals surface area contributed by atoms with E-state index >= 15 is 0 Å². The van der Waals surface area contributed by atoms with Gasteiger partial charge < -0.3 is 4.57 Å². The number of carbonyl (C=O) groups excluding carboxylic acids is 1. The van der Waals surface area contributed by atoms with Gasteiger partial charge >= 0.3 is 0 Å². The molecule has 7 nitrogen and oxygen atoms in total. The Bertz CT molecular complexity index is 1280. The molecular weight excluding hydrogens is 455 g/mol. The van der Waals surface area contributed by atoms with E-state index in [4.69, 9.17) is 11.6 Å². The molecule has 0 bridgehead atoms. The third-order valence-corrected chi connectivity index (χ3v) is 7.04. The zero-order valence-corrected chi connectivity index (χ0v) is 18.9. The maximum Gasteiger partial charge on any atom is 0.269 e. The predicted molar refractivity (Wildman–Crippen MR) is 120 cm³/mol. The quantitative estimate of drug-likeness (QED) is 0.532. The van der Waals surface area contributed by atoms with Crippen molar-refractivity contribution in [2.75, 3.05) is 5.75 Å². The summed E-state index contributed by atoms with van der Waals surface area (Å²) in [7, 11) is -2.09. The van der Waals surface area contributed by atoms with Crippen molar-refractivity contribution in [1.29, 1.82) is 0 Å². The summed E-state index contributed by atoms with van der Waals surface area (Å²) in [6, 6.07) is 10.4. The van der Waals surface area contributed by atoms with E-state index in [1.807, 2.05) is 24.3 Å². The fraction of sp³-hybridized carbons (Fsp3) is 0.273. The fourth-order valence-electron chi connectivity index (χ4n) is 3.99. The van der Waals surface area contributed by atoms with Crippen LogP contribution in [0.25, 0.3) is 11.3 Å². The number of fused-ring (bicyclic) bond motifs is 1. The molecule has 1 amide bonds. The number of nitrogens with one attached hydrogen (secondary N) is 2. The van der Waals surface area contributed by atoms with E-state index in [0.717, 1.165) is 30.4 Å².